The van der Waals surface area contributed by atoms with Gasteiger partial charge in [-0.3, -0.25) is 19.3 Å². The Labute approximate surface area is 215 Å². The first-order valence-electron chi connectivity index (χ1n) is 11.8. The first-order valence-corrected chi connectivity index (χ1v) is 12.6. The van der Waals surface area contributed by atoms with Crippen LogP contribution in [0.2, 0.25) is 0 Å². The summed E-state index contributed by atoms with van der Waals surface area (Å²) < 4.78 is 0. The Morgan fingerprint density at radius 3 is 2.19 bits per heavy atom. The van der Waals surface area contributed by atoms with E-state index >= 15 is 0 Å². The average Bonchev–Trinajstić information content (AvgIpc) is 3.40. The summed E-state index contributed by atoms with van der Waals surface area (Å²) in [6, 6.07) is 27.1. The van der Waals surface area contributed by atoms with Gasteiger partial charge in [-0.15, -0.1) is 11.3 Å². The minimum atomic E-state index is -0.884. The molecule has 0 saturated heterocycles. The first-order chi connectivity index (χ1) is 17.4. The number of thiophene rings is 1. The Morgan fingerprint density at radius 1 is 0.861 bits per heavy atom. The number of benzene rings is 3. The van der Waals surface area contributed by atoms with Gasteiger partial charge in [0.2, 0.25) is 11.8 Å². The van der Waals surface area contributed by atoms with Crippen LogP contribution in [0.5, 0.6) is 0 Å². The second-order valence-corrected chi connectivity index (χ2v) is 9.62. The van der Waals surface area contributed by atoms with Crippen LogP contribution in [-0.2, 0) is 22.6 Å². The van der Waals surface area contributed by atoms with Crippen molar-refractivity contribution in [2.24, 2.45) is 0 Å². The Kier molecular flexibility index (Phi) is 8.08. The molecule has 3 aromatic carbocycles. The maximum absolute atomic E-state index is 13.8. The second kappa shape index (κ2) is 11.6. The van der Waals surface area contributed by atoms with Gasteiger partial charge in [0.1, 0.15) is 6.04 Å². The highest BCUT2D eigenvalue weighted by atomic mass is 32.1. The minimum Gasteiger partial charge on any atom is -0.350 e. The molecule has 4 rings (SSSR count). The first kappa shape index (κ1) is 25.1. The van der Waals surface area contributed by atoms with Crippen molar-refractivity contribution in [2.75, 3.05) is 4.90 Å². The van der Waals surface area contributed by atoms with Gasteiger partial charge >= 0.3 is 0 Å². The van der Waals surface area contributed by atoms with Crippen molar-refractivity contribution < 1.29 is 14.4 Å². The third-order valence-corrected chi connectivity index (χ3v) is 6.90. The minimum absolute atomic E-state index is 0.0610. The lowest BCUT2D eigenvalue weighted by Crippen LogP contribution is -2.44. The van der Waals surface area contributed by atoms with E-state index in [1.165, 1.54) is 18.3 Å². The number of ketones is 1. The molecule has 1 unspecified atom stereocenters. The van der Waals surface area contributed by atoms with E-state index in [0.717, 1.165) is 21.6 Å². The van der Waals surface area contributed by atoms with Crippen LogP contribution in [0.1, 0.15) is 44.9 Å². The van der Waals surface area contributed by atoms with Crippen LogP contribution >= 0.6 is 11.3 Å². The Balaban J connectivity index is 1.76. The van der Waals surface area contributed by atoms with Gasteiger partial charge in [-0.05, 0) is 66.2 Å². The van der Waals surface area contributed by atoms with E-state index in [4.69, 9.17) is 0 Å². The predicted molar refractivity (Wildman–Crippen MR) is 144 cm³/mol. The van der Waals surface area contributed by atoms with Crippen LogP contribution < -0.4 is 10.2 Å². The maximum atomic E-state index is 13.8. The molecule has 6 heteroatoms. The number of nitrogens with one attached hydrogen (secondary N) is 1. The third-order valence-electron chi connectivity index (χ3n) is 6.03. The van der Waals surface area contributed by atoms with Crippen LogP contribution in [0.3, 0.4) is 0 Å². The van der Waals surface area contributed by atoms with Crippen molar-refractivity contribution in [3.63, 3.8) is 0 Å². The van der Waals surface area contributed by atoms with E-state index in [1.807, 2.05) is 79.0 Å². The van der Waals surface area contributed by atoms with E-state index < -0.39 is 6.04 Å². The normalized spacial score (nSPS) is 11.5. The van der Waals surface area contributed by atoms with E-state index in [1.54, 1.807) is 29.2 Å². The van der Waals surface area contributed by atoms with Crippen LogP contribution in [-0.4, -0.2) is 17.6 Å². The van der Waals surface area contributed by atoms with Crippen molar-refractivity contribution in [2.45, 2.75) is 32.9 Å². The fourth-order valence-corrected chi connectivity index (χ4v) is 4.81. The summed E-state index contributed by atoms with van der Waals surface area (Å²) in [5.74, 6) is -0.534. The maximum Gasteiger partial charge on any atom is 0.248 e. The van der Waals surface area contributed by atoms with Crippen LogP contribution in [0.25, 0.3) is 0 Å². The van der Waals surface area contributed by atoms with Crippen LogP contribution in [0.15, 0.2) is 96.4 Å². The number of nitrogens with zero attached hydrogens (tertiary/aromatic N) is 1. The SMILES string of the molecule is CC(=O)c1ccc(N(C(=O)Cc2cccs2)C(C(=O)NCc2ccccc2)c2ccccc2C)cc1. The summed E-state index contributed by atoms with van der Waals surface area (Å²) >= 11 is 1.50. The molecular weight excluding hydrogens is 468 g/mol. The molecule has 1 heterocycles. The molecule has 4 aromatic rings. The van der Waals surface area contributed by atoms with E-state index in [9.17, 15) is 14.4 Å². The van der Waals surface area contributed by atoms with Gasteiger partial charge in [-0.1, -0.05) is 60.7 Å². The van der Waals surface area contributed by atoms with Gasteiger partial charge in [-0.2, -0.15) is 0 Å². The monoisotopic (exact) mass is 496 g/mol. The molecule has 0 radical (unpaired) electrons. The van der Waals surface area contributed by atoms with Crippen LogP contribution in [0.4, 0.5) is 5.69 Å². The van der Waals surface area contributed by atoms with Crippen molar-refractivity contribution in [1.82, 2.24) is 5.32 Å². The summed E-state index contributed by atoms with van der Waals surface area (Å²) in [6.45, 7) is 3.79. The summed E-state index contributed by atoms with van der Waals surface area (Å²) in [4.78, 5) is 42.0. The molecule has 0 aliphatic rings. The molecular formula is C30H28N2O3S. The summed E-state index contributed by atoms with van der Waals surface area (Å²) in [5.41, 5.74) is 3.73. The molecule has 5 nitrogen and oxygen atoms in total. The molecule has 2 amide bonds. The predicted octanol–water partition coefficient (Wildman–Crippen LogP) is 5.89. The van der Waals surface area contributed by atoms with E-state index in [-0.39, 0.29) is 24.0 Å². The van der Waals surface area contributed by atoms with E-state index in [0.29, 0.717) is 17.8 Å². The average molecular weight is 497 g/mol. The highest BCUT2D eigenvalue weighted by molar-refractivity contribution is 7.10. The summed E-state index contributed by atoms with van der Waals surface area (Å²) in [6.07, 6.45) is 0.167. The second-order valence-electron chi connectivity index (χ2n) is 8.59. The quantitative estimate of drug-likeness (QED) is 0.294. The highest BCUT2D eigenvalue weighted by Gasteiger charge is 2.33. The Bertz CT molecular complexity index is 1330. The number of anilines is 1. The number of rotatable bonds is 9. The van der Waals surface area contributed by atoms with Gasteiger partial charge < -0.3 is 5.32 Å². The standard InChI is InChI=1S/C30H28N2O3S/c1-21-9-6-7-13-27(21)29(30(35)31-20-23-10-4-3-5-11-23)32(28(34)19-26-12-8-18-36-26)25-16-14-24(15-17-25)22(2)33/h3-18,29H,19-20H2,1-2H3,(H,31,35). The molecule has 0 bridgehead atoms. The zero-order valence-corrected chi connectivity index (χ0v) is 21.1. The topological polar surface area (TPSA) is 66.5 Å². The number of amides is 2. The molecule has 1 atom stereocenters. The molecule has 36 heavy (non-hydrogen) atoms. The molecule has 0 spiro atoms. The van der Waals surface area contributed by atoms with Gasteiger partial charge in [0.15, 0.2) is 5.78 Å². The number of hydrogen-bond donors (Lipinski definition) is 1. The molecule has 0 saturated carbocycles. The van der Waals surface area contributed by atoms with E-state index in [2.05, 4.69) is 5.32 Å². The fourth-order valence-electron chi connectivity index (χ4n) is 4.11. The molecule has 182 valence electrons. The third kappa shape index (κ3) is 5.96. The summed E-state index contributed by atoms with van der Waals surface area (Å²) in [5, 5.41) is 4.96. The Morgan fingerprint density at radius 2 is 1.56 bits per heavy atom. The van der Waals surface area contributed by atoms with Gasteiger partial charge in [0, 0.05) is 22.7 Å². The number of hydrogen-bond acceptors (Lipinski definition) is 4. The molecule has 1 N–H and O–H groups in total. The lowest BCUT2D eigenvalue weighted by Gasteiger charge is -2.32. The van der Waals surface area contributed by atoms with Gasteiger partial charge in [-0.25, -0.2) is 0 Å². The Hall–Kier alpha value is -4.03. The molecule has 0 aliphatic carbocycles. The fraction of sp³-hybridized carbons (Fsp3) is 0.167. The van der Waals surface area contributed by atoms with Crippen molar-refractivity contribution in [1.29, 1.82) is 0 Å². The van der Waals surface area contributed by atoms with Crippen molar-refractivity contribution in [3.05, 3.63) is 124 Å². The van der Waals surface area contributed by atoms with Crippen LogP contribution in [0, 0.1) is 6.92 Å². The van der Waals surface area contributed by atoms with Gasteiger partial charge in [0.25, 0.3) is 0 Å². The molecule has 0 aliphatic heterocycles. The molecule has 0 fully saturated rings. The largest absolute Gasteiger partial charge is 0.350 e. The van der Waals surface area contributed by atoms with Crippen molar-refractivity contribution in [3.8, 4) is 0 Å². The number of Topliss-reactive ketones (excluding diaryl/α,β-unsaturated/α-hetero) is 1. The number of carbonyl (C=O) groups excluding carboxylic acids is 3. The number of aryl methyl sites for hydroxylation is 1. The zero-order chi connectivity index (χ0) is 25.5. The lowest BCUT2D eigenvalue weighted by atomic mass is 9.97. The number of carbonyl (C=O) groups is 3. The van der Waals surface area contributed by atoms with Crippen molar-refractivity contribution >= 4 is 34.6 Å². The van der Waals surface area contributed by atoms with Gasteiger partial charge in [0.05, 0.1) is 6.42 Å². The smallest absolute Gasteiger partial charge is 0.248 e. The zero-order valence-electron chi connectivity index (χ0n) is 20.3. The summed E-state index contributed by atoms with van der Waals surface area (Å²) in [7, 11) is 0. The molecule has 1 aromatic heterocycles. The highest BCUT2D eigenvalue weighted by Crippen LogP contribution is 2.31. The lowest BCUT2D eigenvalue weighted by molar-refractivity contribution is -0.126.